The zero-order chi connectivity index (χ0) is 6.08. The van der Waals surface area contributed by atoms with Gasteiger partial charge in [-0.2, -0.15) is 0 Å². The Morgan fingerprint density at radius 1 is 1.43 bits per heavy atom. The van der Waals surface area contributed by atoms with Gasteiger partial charge in [-0.25, -0.2) is 8.42 Å². The molecule has 0 aliphatic rings. The van der Waals surface area contributed by atoms with Gasteiger partial charge in [-0.15, -0.1) is 5.14 Å². The summed E-state index contributed by atoms with van der Waals surface area (Å²) in [6, 6.07) is 0. The van der Waals surface area contributed by atoms with E-state index in [9.17, 15) is 8.42 Å². The molecular weight excluding hydrogens is 114 g/mol. The molecule has 0 spiro atoms. The molecule has 3 nitrogen and oxygen atoms in total. The number of hydrogen-bond donors (Lipinski definition) is 0. The normalized spacial score (nSPS) is 12.6. The summed E-state index contributed by atoms with van der Waals surface area (Å²) in [5.74, 6) is 0. The van der Waals surface area contributed by atoms with Crippen molar-refractivity contribution in [1.82, 2.24) is 5.14 Å². The number of sulfonamides is 1. The molecule has 0 fully saturated rings. The Morgan fingerprint density at radius 2 is 1.57 bits per heavy atom. The molecule has 0 aromatic carbocycles. The molecule has 0 saturated carbocycles. The lowest BCUT2D eigenvalue weighted by molar-refractivity contribution is 0.587. The molecule has 43 valence electrons. The molecule has 0 aliphatic heterocycles. The topological polar surface area (TPSA) is 57.9 Å². The molecule has 0 atom stereocenters. The van der Waals surface area contributed by atoms with Crippen molar-refractivity contribution >= 4 is 10.0 Å². The fourth-order valence-corrected chi connectivity index (χ4v) is 0. The fourth-order valence-electron chi connectivity index (χ4n) is 0. The average molecular weight is 122 g/mol. The number of hydrogen-bond acceptors (Lipinski definition) is 2. The van der Waals surface area contributed by atoms with E-state index in [1.165, 1.54) is 13.8 Å². The summed E-state index contributed by atoms with van der Waals surface area (Å²) in [5.41, 5.74) is 0. The van der Waals surface area contributed by atoms with Gasteiger partial charge in [0, 0.05) is 0 Å². The second-order valence-electron chi connectivity index (χ2n) is 1.59. The lowest BCUT2D eigenvalue weighted by atomic mass is 10.6. The maximum atomic E-state index is 10.00. The molecule has 0 bridgehead atoms. The summed E-state index contributed by atoms with van der Waals surface area (Å²) in [6.45, 7) is 2.95. The van der Waals surface area contributed by atoms with E-state index < -0.39 is 15.3 Å². The first-order valence-corrected chi connectivity index (χ1v) is 3.47. The van der Waals surface area contributed by atoms with E-state index in [1.807, 2.05) is 0 Å². The molecular formula is C3H8NO2S. The minimum absolute atomic E-state index is 0.563. The highest BCUT2D eigenvalue weighted by molar-refractivity contribution is 7.89. The molecule has 0 heterocycles. The van der Waals surface area contributed by atoms with Gasteiger partial charge >= 0.3 is 0 Å². The highest BCUT2D eigenvalue weighted by Crippen LogP contribution is 1.90. The van der Waals surface area contributed by atoms with Crippen molar-refractivity contribution < 1.29 is 8.42 Å². The van der Waals surface area contributed by atoms with Crippen molar-refractivity contribution in [3.8, 4) is 0 Å². The second-order valence-corrected chi connectivity index (χ2v) is 3.63. The molecule has 0 amide bonds. The van der Waals surface area contributed by atoms with Crippen molar-refractivity contribution in [3.05, 3.63) is 0 Å². The van der Waals surface area contributed by atoms with Crippen LogP contribution in [0.15, 0.2) is 0 Å². The van der Waals surface area contributed by atoms with Crippen LogP contribution in [-0.4, -0.2) is 13.7 Å². The predicted octanol–water partition coefficient (Wildman–Crippen LogP) is 0.00750. The average Bonchev–Trinajstić information content (AvgIpc) is 1.31. The Hall–Kier alpha value is -0.0900. The third-order valence-corrected chi connectivity index (χ3v) is 1.86. The van der Waals surface area contributed by atoms with Crippen molar-refractivity contribution in [2.45, 2.75) is 19.1 Å². The molecule has 1 N–H and O–H groups in total. The van der Waals surface area contributed by atoms with Gasteiger partial charge in [0.05, 0.1) is 5.25 Å². The van der Waals surface area contributed by atoms with Crippen molar-refractivity contribution in [2.24, 2.45) is 0 Å². The van der Waals surface area contributed by atoms with Crippen LogP contribution < -0.4 is 5.14 Å². The summed E-state index contributed by atoms with van der Waals surface area (Å²) < 4.78 is 20.0. The van der Waals surface area contributed by atoms with Crippen LogP contribution in [0, 0.1) is 0 Å². The highest BCUT2D eigenvalue weighted by atomic mass is 32.2. The summed E-state index contributed by atoms with van der Waals surface area (Å²) in [5, 5.41) is 5.80. The van der Waals surface area contributed by atoms with Crippen LogP contribution >= 0.6 is 0 Å². The Morgan fingerprint density at radius 3 is 1.57 bits per heavy atom. The molecule has 0 saturated heterocycles. The quantitative estimate of drug-likeness (QED) is 0.491. The Bertz CT molecular complexity index is 135. The van der Waals surface area contributed by atoms with Crippen LogP contribution in [0.2, 0.25) is 0 Å². The van der Waals surface area contributed by atoms with Crippen molar-refractivity contribution in [2.75, 3.05) is 0 Å². The van der Waals surface area contributed by atoms with E-state index in [0.29, 0.717) is 0 Å². The molecule has 0 aromatic heterocycles. The number of rotatable bonds is 1. The Labute approximate surface area is 43.6 Å². The lowest BCUT2D eigenvalue weighted by Gasteiger charge is -1.94. The van der Waals surface area contributed by atoms with Crippen LogP contribution in [0.1, 0.15) is 13.8 Å². The van der Waals surface area contributed by atoms with Crippen molar-refractivity contribution in [3.63, 3.8) is 0 Å². The van der Waals surface area contributed by atoms with Gasteiger partial charge in [0.2, 0.25) is 10.0 Å². The Kier molecular flexibility index (Phi) is 1.77. The third-order valence-electron chi connectivity index (χ3n) is 0.621. The summed E-state index contributed by atoms with van der Waals surface area (Å²) in [7, 11) is -3.49. The first-order chi connectivity index (χ1) is 2.94. The van der Waals surface area contributed by atoms with Gasteiger partial charge in [0.1, 0.15) is 0 Å². The highest BCUT2D eigenvalue weighted by Gasteiger charge is 2.07. The van der Waals surface area contributed by atoms with Crippen LogP contribution in [-0.2, 0) is 10.0 Å². The summed E-state index contributed by atoms with van der Waals surface area (Å²) >= 11 is 0. The molecule has 4 heteroatoms. The maximum absolute atomic E-state index is 10.00. The van der Waals surface area contributed by atoms with E-state index in [2.05, 4.69) is 0 Å². The molecule has 0 rings (SSSR count). The van der Waals surface area contributed by atoms with Gasteiger partial charge in [0.25, 0.3) is 0 Å². The van der Waals surface area contributed by atoms with Crippen LogP contribution in [0.3, 0.4) is 0 Å². The SMILES string of the molecule is CC(C)S([NH])(=O)=O. The number of nitrogens with one attached hydrogen (secondary N) is 1. The molecule has 1 radical (unpaired) electrons. The largest absolute Gasteiger partial charge is 0.227 e. The second kappa shape index (κ2) is 1.79. The van der Waals surface area contributed by atoms with Crippen LogP contribution in [0.4, 0.5) is 0 Å². The smallest absolute Gasteiger partial charge is 0.211 e. The monoisotopic (exact) mass is 122 g/mol. The molecule has 0 unspecified atom stereocenters. The summed E-state index contributed by atoms with van der Waals surface area (Å²) in [6.07, 6.45) is 0. The van der Waals surface area contributed by atoms with E-state index in [-0.39, 0.29) is 0 Å². The molecule has 0 aromatic rings. The fraction of sp³-hybridized carbons (Fsp3) is 1.00. The maximum Gasteiger partial charge on any atom is 0.227 e. The first-order valence-electron chi connectivity index (χ1n) is 1.93. The minimum atomic E-state index is -3.49. The first kappa shape index (κ1) is 6.91. The van der Waals surface area contributed by atoms with Gasteiger partial charge in [-0.05, 0) is 13.8 Å². The van der Waals surface area contributed by atoms with E-state index >= 15 is 0 Å². The van der Waals surface area contributed by atoms with Gasteiger partial charge in [-0.3, -0.25) is 0 Å². The predicted molar refractivity (Wildman–Crippen MR) is 27.2 cm³/mol. The minimum Gasteiger partial charge on any atom is -0.211 e. The lowest BCUT2D eigenvalue weighted by Crippen LogP contribution is -2.13. The zero-order valence-corrected chi connectivity index (χ0v) is 5.12. The zero-order valence-electron chi connectivity index (χ0n) is 4.30. The van der Waals surface area contributed by atoms with Crippen molar-refractivity contribution in [1.29, 1.82) is 0 Å². The van der Waals surface area contributed by atoms with Gasteiger partial charge < -0.3 is 0 Å². The standard InChI is InChI=1S/C3H8NO2S/c1-3(2)7(4,5)6/h3-4H,1-2H3. The van der Waals surface area contributed by atoms with E-state index in [1.54, 1.807) is 0 Å². The van der Waals surface area contributed by atoms with Gasteiger partial charge in [0.15, 0.2) is 0 Å². The molecule has 7 heavy (non-hydrogen) atoms. The van der Waals surface area contributed by atoms with E-state index in [4.69, 9.17) is 5.14 Å². The van der Waals surface area contributed by atoms with E-state index in [0.717, 1.165) is 0 Å². The van der Waals surface area contributed by atoms with Crippen LogP contribution in [0.5, 0.6) is 0 Å². The summed E-state index contributed by atoms with van der Waals surface area (Å²) in [4.78, 5) is 0. The Balaban J connectivity index is 4.10. The third kappa shape index (κ3) is 2.59. The van der Waals surface area contributed by atoms with Gasteiger partial charge in [-0.1, -0.05) is 0 Å². The molecule has 0 aliphatic carbocycles. The van der Waals surface area contributed by atoms with Crippen LogP contribution in [0.25, 0.3) is 0 Å².